The van der Waals surface area contributed by atoms with E-state index in [1.807, 2.05) is 6.92 Å². The Balaban J connectivity index is 5.38. The molecule has 5 unspecified atom stereocenters. The van der Waals surface area contributed by atoms with Crippen molar-refractivity contribution in [2.75, 3.05) is 6.61 Å². The highest BCUT2D eigenvalue weighted by atomic mass is 16.4. The number of aliphatic hydroxyl groups excluding tert-OH is 1. The summed E-state index contributed by atoms with van der Waals surface area (Å²) in [6.45, 7) is 2.74. The maximum Gasteiger partial charge on any atom is 0.326 e. The summed E-state index contributed by atoms with van der Waals surface area (Å²) in [5.41, 5.74) is 15.9. The van der Waals surface area contributed by atoms with Crippen LogP contribution in [0.5, 0.6) is 0 Å². The van der Waals surface area contributed by atoms with E-state index in [-0.39, 0.29) is 31.6 Å². The number of carbonyl (C=O) groups is 6. The van der Waals surface area contributed by atoms with E-state index >= 15 is 0 Å². The number of carboxylic acids is 1. The minimum Gasteiger partial charge on any atom is -0.480 e. The van der Waals surface area contributed by atoms with Crippen molar-refractivity contribution in [1.82, 2.24) is 16.0 Å². The van der Waals surface area contributed by atoms with Gasteiger partial charge in [-0.3, -0.25) is 24.0 Å². The van der Waals surface area contributed by atoms with Crippen molar-refractivity contribution in [3.63, 3.8) is 0 Å². The Bertz CT molecular complexity index is 731. The van der Waals surface area contributed by atoms with Gasteiger partial charge >= 0.3 is 5.97 Å². The van der Waals surface area contributed by atoms with Gasteiger partial charge in [-0.05, 0) is 18.8 Å². The largest absolute Gasteiger partial charge is 0.480 e. The number of amides is 5. The van der Waals surface area contributed by atoms with Gasteiger partial charge in [-0.15, -0.1) is 0 Å². The number of carboxylic acid groups (broad SMARTS) is 1. The second-order valence-corrected chi connectivity index (χ2v) is 7.63. The Kier molecular flexibility index (Phi) is 13.3. The molecule has 0 fully saturated rings. The van der Waals surface area contributed by atoms with Crippen LogP contribution in [0.1, 0.15) is 46.0 Å². The highest BCUT2D eigenvalue weighted by Crippen LogP contribution is 2.06. The molecule has 0 aliphatic carbocycles. The molecule has 0 aromatic rings. The van der Waals surface area contributed by atoms with Crippen LogP contribution in [0.2, 0.25) is 0 Å². The third-order valence-corrected chi connectivity index (χ3v) is 4.98. The molecule has 0 spiro atoms. The van der Waals surface area contributed by atoms with E-state index in [1.165, 1.54) is 0 Å². The van der Waals surface area contributed by atoms with Gasteiger partial charge < -0.3 is 43.4 Å². The molecule has 11 N–H and O–H groups in total. The lowest BCUT2D eigenvalue weighted by atomic mass is 9.99. The van der Waals surface area contributed by atoms with E-state index in [0.717, 1.165) is 0 Å². The molecule has 0 aromatic carbocycles. The van der Waals surface area contributed by atoms with Crippen molar-refractivity contribution in [3.8, 4) is 0 Å². The maximum absolute atomic E-state index is 12.6. The number of carbonyl (C=O) groups excluding carboxylic acids is 5. The number of nitrogens with one attached hydrogen (secondary N) is 3. The average Bonchev–Trinajstić information content (AvgIpc) is 2.75. The lowest BCUT2D eigenvalue weighted by molar-refractivity contribution is -0.143. The van der Waals surface area contributed by atoms with Crippen molar-refractivity contribution in [1.29, 1.82) is 0 Å². The van der Waals surface area contributed by atoms with E-state index in [2.05, 4.69) is 16.0 Å². The molecule has 188 valence electrons. The molecule has 0 aliphatic rings. The van der Waals surface area contributed by atoms with Gasteiger partial charge in [0.05, 0.1) is 12.6 Å². The molecule has 14 heteroatoms. The van der Waals surface area contributed by atoms with Crippen molar-refractivity contribution >= 4 is 35.5 Å². The molecule has 0 saturated heterocycles. The number of hydrogen-bond acceptors (Lipinski definition) is 8. The standard InChI is InChI=1S/C19H34N6O8/c1-3-9(2)15(22)18(31)25-12(8-26)17(30)23-10(4-6-13(20)27)16(29)24-11(19(32)33)5-7-14(21)28/h9-12,15,26H,3-8,22H2,1-2H3,(H2,20,27)(H2,21,28)(H,23,30)(H,24,29)(H,25,31)(H,32,33). The summed E-state index contributed by atoms with van der Waals surface area (Å²) in [6.07, 6.45) is -0.624. The van der Waals surface area contributed by atoms with E-state index in [1.54, 1.807) is 6.92 Å². The van der Waals surface area contributed by atoms with Crippen LogP contribution < -0.4 is 33.2 Å². The van der Waals surface area contributed by atoms with Crippen LogP contribution in [0.3, 0.4) is 0 Å². The molecule has 0 radical (unpaired) electrons. The Labute approximate surface area is 191 Å². The monoisotopic (exact) mass is 474 g/mol. The van der Waals surface area contributed by atoms with E-state index < -0.39 is 66.3 Å². The molecule has 0 heterocycles. The zero-order valence-electron chi connectivity index (χ0n) is 18.7. The highest BCUT2D eigenvalue weighted by molar-refractivity contribution is 5.94. The third kappa shape index (κ3) is 11.2. The topological polar surface area (TPSA) is 257 Å². The zero-order valence-corrected chi connectivity index (χ0v) is 18.7. The zero-order chi connectivity index (χ0) is 25.7. The van der Waals surface area contributed by atoms with Gasteiger partial charge in [-0.1, -0.05) is 20.3 Å². The molecule has 0 aromatic heterocycles. The van der Waals surface area contributed by atoms with Crippen LogP contribution in [0.15, 0.2) is 0 Å². The van der Waals surface area contributed by atoms with Crippen molar-refractivity contribution in [2.24, 2.45) is 23.1 Å². The smallest absolute Gasteiger partial charge is 0.326 e. The number of aliphatic carboxylic acids is 1. The summed E-state index contributed by atoms with van der Waals surface area (Å²) in [5.74, 6) is -5.81. The highest BCUT2D eigenvalue weighted by Gasteiger charge is 2.31. The predicted octanol–water partition coefficient (Wildman–Crippen LogP) is -3.58. The fourth-order valence-electron chi connectivity index (χ4n) is 2.62. The first-order valence-electron chi connectivity index (χ1n) is 10.4. The van der Waals surface area contributed by atoms with Crippen molar-refractivity contribution < 1.29 is 39.0 Å². The second kappa shape index (κ2) is 14.7. The van der Waals surface area contributed by atoms with E-state index in [9.17, 15) is 39.0 Å². The summed E-state index contributed by atoms with van der Waals surface area (Å²) in [6, 6.07) is -5.30. The lowest BCUT2D eigenvalue weighted by Gasteiger charge is -2.25. The molecule has 33 heavy (non-hydrogen) atoms. The van der Waals surface area contributed by atoms with Gasteiger partial charge in [0, 0.05) is 12.8 Å². The minimum atomic E-state index is -1.49. The number of rotatable bonds is 16. The van der Waals surface area contributed by atoms with Crippen LogP contribution >= 0.6 is 0 Å². The van der Waals surface area contributed by atoms with Gasteiger partial charge in [-0.25, -0.2) is 4.79 Å². The van der Waals surface area contributed by atoms with Gasteiger partial charge in [-0.2, -0.15) is 0 Å². The quantitative estimate of drug-likeness (QED) is 0.110. The van der Waals surface area contributed by atoms with E-state index in [4.69, 9.17) is 17.2 Å². The predicted molar refractivity (Wildman–Crippen MR) is 115 cm³/mol. The molecule has 14 nitrogen and oxygen atoms in total. The van der Waals surface area contributed by atoms with Gasteiger partial charge in [0.2, 0.25) is 29.5 Å². The number of nitrogens with two attached hydrogens (primary N) is 3. The summed E-state index contributed by atoms with van der Waals surface area (Å²) < 4.78 is 0. The first kappa shape index (κ1) is 29.7. The molecule has 0 bridgehead atoms. The van der Waals surface area contributed by atoms with Crippen LogP contribution in [0.4, 0.5) is 0 Å². The molecule has 5 amide bonds. The molecular weight excluding hydrogens is 440 g/mol. The fourth-order valence-corrected chi connectivity index (χ4v) is 2.62. The third-order valence-electron chi connectivity index (χ3n) is 4.98. The number of hydrogen-bond donors (Lipinski definition) is 8. The Morgan fingerprint density at radius 3 is 1.64 bits per heavy atom. The minimum absolute atomic E-state index is 0.199. The molecule has 0 aliphatic heterocycles. The van der Waals surface area contributed by atoms with Crippen LogP contribution in [0, 0.1) is 5.92 Å². The van der Waals surface area contributed by atoms with Crippen LogP contribution in [-0.2, 0) is 28.8 Å². The first-order valence-corrected chi connectivity index (χ1v) is 10.4. The van der Waals surface area contributed by atoms with Gasteiger partial charge in [0.1, 0.15) is 18.1 Å². The Hall–Kier alpha value is -3.26. The summed E-state index contributed by atoms with van der Waals surface area (Å²) >= 11 is 0. The summed E-state index contributed by atoms with van der Waals surface area (Å²) in [4.78, 5) is 70.8. The molecule has 5 atom stereocenters. The van der Waals surface area contributed by atoms with Gasteiger partial charge in [0.15, 0.2) is 0 Å². The Morgan fingerprint density at radius 2 is 1.21 bits per heavy atom. The van der Waals surface area contributed by atoms with Crippen LogP contribution in [-0.4, -0.2) is 76.5 Å². The normalized spacial score (nSPS) is 15.3. The second-order valence-electron chi connectivity index (χ2n) is 7.63. The lowest BCUT2D eigenvalue weighted by Crippen LogP contribution is -2.58. The number of primary amides is 2. The Morgan fingerprint density at radius 1 is 0.788 bits per heavy atom. The summed E-state index contributed by atoms with van der Waals surface area (Å²) in [5, 5.41) is 25.5. The maximum atomic E-state index is 12.6. The first-order chi connectivity index (χ1) is 15.3. The summed E-state index contributed by atoms with van der Waals surface area (Å²) in [7, 11) is 0. The molecule has 0 rings (SSSR count). The van der Waals surface area contributed by atoms with E-state index in [0.29, 0.717) is 6.42 Å². The number of aliphatic hydroxyl groups is 1. The average molecular weight is 475 g/mol. The van der Waals surface area contributed by atoms with Gasteiger partial charge in [0.25, 0.3) is 0 Å². The fraction of sp³-hybridized carbons (Fsp3) is 0.684. The van der Waals surface area contributed by atoms with Crippen molar-refractivity contribution in [3.05, 3.63) is 0 Å². The van der Waals surface area contributed by atoms with Crippen LogP contribution in [0.25, 0.3) is 0 Å². The van der Waals surface area contributed by atoms with Crippen molar-refractivity contribution in [2.45, 2.75) is 70.1 Å². The molecule has 0 saturated carbocycles. The molecular formula is C19H34N6O8. The SMILES string of the molecule is CCC(C)C(N)C(=O)NC(CO)C(=O)NC(CCC(N)=O)C(=O)NC(CCC(N)=O)C(=O)O.